The second-order valence-corrected chi connectivity index (χ2v) is 6.09. The van der Waals surface area contributed by atoms with E-state index in [-0.39, 0.29) is 5.69 Å². The number of para-hydroxylation sites is 1. The lowest BCUT2D eigenvalue weighted by Crippen LogP contribution is -2.12. The van der Waals surface area contributed by atoms with Crippen LogP contribution in [0.5, 0.6) is 0 Å². The van der Waals surface area contributed by atoms with Crippen LogP contribution in [0.15, 0.2) is 48.9 Å². The molecule has 0 fully saturated rings. The number of carboxylic acids is 1. The lowest BCUT2D eigenvalue weighted by atomic mass is 9.94. The van der Waals surface area contributed by atoms with Crippen molar-refractivity contribution < 1.29 is 9.90 Å². The number of aryl methyl sites for hydroxylation is 1. The number of aromatic amines is 1. The SMILES string of the molecule is O=C(O)c1nn(-c2nccn2-c2ccccc2)c2c1-c1[nH]ncc1CC2. The van der Waals surface area contributed by atoms with Gasteiger partial charge in [0, 0.05) is 18.1 Å². The molecule has 0 unspecified atom stereocenters. The Kier molecular flexibility index (Phi) is 3.05. The number of nitrogens with zero attached hydrogens (tertiary/aromatic N) is 5. The zero-order chi connectivity index (χ0) is 17.7. The number of carbonyl (C=O) groups is 1. The van der Waals surface area contributed by atoms with E-state index in [2.05, 4.69) is 20.3 Å². The predicted octanol–water partition coefficient (Wildman–Crippen LogP) is 2.24. The topological polar surface area (TPSA) is 102 Å². The maximum absolute atomic E-state index is 11.8. The van der Waals surface area contributed by atoms with E-state index in [1.165, 1.54) is 0 Å². The van der Waals surface area contributed by atoms with Crippen molar-refractivity contribution in [3.63, 3.8) is 0 Å². The first-order valence-corrected chi connectivity index (χ1v) is 8.21. The average Bonchev–Trinajstić information content (AvgIpc) is 3.38. The van der Waals surface area contributed by atoms with Crippen molar-refractivity contribution >= 4 is 5.97 Å². The van der Waals surface area contributed by atoms with Gasteiger partial charge in [-0.1, -0.05) is 18.2 Å². The molecular formula is C18H14N6O2. The maximum atomic E-state index is 11.8. The molecule has 1 aromatic carbocycles. The first kappa shape index (κ1) is 14.6. The fraction of sp³-hybridized carbons (Fsp3) is 0.111. The summed E-state index contributed by atoms with van der Waals surface area (Å²) >= 11 is 0. The van der Waals surface area contributed by atoms with Gasteiger partial charge in [-0.3, -0.25) is 9.67 Å². The van der Waals surface area contributed by atoms with Crippen molar-refractivity contribution in [2.24, 2.45) is 0 Å². The fourth-order valence-corrected chi connectivity index (χ4v) is 3.47. The molecule has 4 aromatic rings. The highest BCUT2D eigenvalue weighted by molar-refractivity contribution is 5.95. The van der Waals surface area contributed by atoms with Crippen molar-refractivity contribution in [3.05, 3.63) is 65.9 Å². The van der Waals surface area contributed by atoms with Gasteiger partial charge in [0.1, 0.15) is 0 Å². The molecular weight excluding hydrogens is 332 g/mol. The smallest absolute Gasteiger partial charge is 0.357 e. The summed E-state index contributed by atoms with van der Waals surface area (Å²) in [5.74, 6) is -0.511. The van der Waals surface area contributed by atoms with Gasteiger partial charge >= 0.3 is 5.97 Å². The molecule has 0 aliphatic heterocycles. The molecule has 0 saturated heterocycles. The zero-order valence-electron chi connectivity index (χ0n) is 13.6. The lowest BCUT2D eigenvalue weighted by Gasteiger charge is -2.15. The number of aromatic nitrogens is 6. The molecule has 0 bridgehead atoms. The molecule has 5 rings (SSSR count). The third kappa shape index (κ3) is 2.02. The molecule has 26 heavy (non-hydrogen) atoms. The third-order valence-corrected chi connectivity index (χ3v) is 4.63. The molecule has 0 radical (unpaired) electrons. The van der Waals surface area contributed by atoms with E-state index in [4.69, 9.17) is 0 Å². The van der Waals surface area contributed by atoms with Gasteiger partial charge < -0.3 is 5.11 Å². The zero-order valence-corrected chi connectivity index (χ0v) is 13.6. The molecule has 8 nitrogen and oxygen atoms in total. The van der Waals surface area contributed by atoms with Crippen LogP contribution < -0.4 is 0 Å². The Labute approximate surface area is 147 Å². The Morgan fingerprint density at radius 2 is 2.04 bits per heavy atom. The van der Waals surface area contributed by atoms with Crippen LogP contribution in [-0.4, -0.2) is 40.6 Å². The minimum Gasteiger partial charge on any atom is -0.476 e. The number of fused-ring (bicyclic) bond motifs is 3. The highest BCUT2D eigenvalue weighted by atomic mass is 16.4. The first-order chi connectivity index (χ1) is 12.7. The predicted molar refractivity (Wildman–Crippen MR) is 92.6 cm³/mol. The van der Waals surface area contributed by atoms with E-state index >= 15 is 0 Å². The van der Waals surface area contributed by atoms with Gasteiger partial charge in [0.25, 0.3) is 0 Å². The van der Waals surface area contributed by atoms with Crippen molar-refractivity contribution in [3.8, 4) is 22.9 Å². The quantitative estimate of drug-likeness (QED) is 0.592. The summed E-state index contributed by atoms with van der Waals surface area (Å²) in [7, 11) is 0. The lowest BCUT2D eigenvalue weighted by molar-refractivity contribution is 0.0690. The molecule has 1 aliphatic carbocycles. The average molecular weight is 346 g/mol. The number of hydrogen-bond donors (Lipinski definition) is 2. The highest BCUT2D eigenvalue weighted by Crippen LogP contribution is 2.35. The summed E-state index contributed by atoms with van der Waals surface area (Å²) in [6.07, 6.45) is 6.70. The van der Waals surface area contributed by atoms with Gasteiger partial charge in [-0.15, -0.1) is 0 Å². The molecule has 0 spiro atoms. The molecule has 0 atom stereocenters. The van der Waals surface area contributed by atoms with Gasteiger partial charge in [0.05, 0.1) is 23.1 Å². The minimum atomic E-state index is -1.07. The van der Waals surface area contributed by atoms with Gasteiger partial charge in [0.15, 0.2) is 5.69 Å². The highest BCUT2D eigenvalue weighted by Gasteiger charge is 2.31. The molecule has 128 valence electrons. The van der Waals surface area contributed by atoms with Gasteiger partial charge in [-0.05, 0) is 30.5 Å². The van der Waals surface area contributed by atoms with Crippen LogP contribution in [0.25, 0.3) is 22.9 Å². The summed E-state index contributed by atoms with van der Waals surface area (Å²) < 4.78 is 3.52. The Morgan fingerprint density at radius 3 is 2.85 bits per heavy atom. The van der Waals surface area contributed by atoms with Crippen molar-refractivity contribution in [1.82, 2.24) is 29.5 Å². The maximum Gasteiger partial charge on any atom is 0.357 e. The van der Waals surface area contributed by atoms with Crippen LogP contribution >= 0.6 is 0 Å². The summed E-state index contributed by atoms with van der Waals surface area (Å²) in [5, 5.41) is 21.0. The van der Waals surface area contributed by atoms with Crippen molar-refractivity contribution in [2.45, 2.75) is 12.8 Å². The molecule has 1 aliphatic rings. The van der Waals surface area contributed by atoms with Crippen LogP contribution in [0.3, 0.4) is 0 Å². The van der Waals surface area contributed by atoms with Gasteiger partial charge in [-0.2, -0.15) is 10.2 Å². The molecule has 2 N–H and O–H groups in total. The van der Waals surface area contributed by atoms with Crippen LogP contribution in [-0.2, 0) is 12.8 Å². The summed E-state index contributed by atoms with van der Waals surface area (Å²) in [5.41, 5.74) is 4.09. The number of imidazole rings is 1. The van der Waals surface area contributed by atoms with E-state index in [9.17, 15) is 9.90 Å². The number of H-pyrrole nitrogens is 1. The van der Waals surface area contributed by atoms with E-state index in [0.29, 0.717) is 17.9 Å². The Balaban J connectivity index is 1.76. The summed E-state index contributed by atoms with van der Waals surface area (Å²) in [6, 6.07) is 9.76. The molecule has 3 aromatic heterocycles. The van der Waals surface area contributed by atoms with E-state index in [0.717, 1.165) is 29.1 Å². The van der Waals surface area contributed by atoms with E-state index in [1.54, 1.807) is 17.1 Å². The Bertz CT molecular complexity index is 1120. The van der Waals surface area contributed by atoms with Crippen molar-refractivity contribution in [2.75, 3.05) is 0 Å². The number of benzene rings is 1. The van der Waals surface area contributed by atoms with Gasteiger partial charge in [-0.25, -0.2) is 14.5 Å². The van der Waals surface area contributed by atoms with Crippen LogP contribution in [0.1, 0.15) is 21.7 Å². The Hall–Kier alpha value is -3.68. The number of carboxylic acid groups (broad SMARTS) is 1. The number of aromatic carboxylic acids is 1. The Morgan fingerprint density at radius 1 is 1.19 bits per heavy atom. The normalized spacial score (nSPS) is 12.6. The molecule has 0 amide bonds. The molecule has 3 heterocycles. The fourth-order valence-electron chi connectivity index (χ4n) is 3.47. The number of rotatable bonds is 3. The second-order valence-electron chi connectivity index (χ2n) is 6.09. The molecule has 8 heteroatoms. The minimum absolute atomic E-state index is 0.00723. The van der Waals surface area contributed by atoms with Gasteiger partial charge in [0.2, 0.25) is 5.95 Å². The summed E-state index contributed by atoms with van der Waals surface area (Å²) in [6.45, 7) is 0. The first-order valence-electron chi connectivity index (χ1n) is 8.21. The molecule has 0 saturated carbocycles. The number of nitrogens with one attached hydrogen (secondary N) is 1. The van der Waals surface area contributed by atoms with Crippen LogP contribution in [0.2, 0.25) is 0 Å². The van der Waals surface area contributed by atoms with Crippen LogP contribution in [0.4, 0.5) is 0 Å². The standard InChI is InChI=1S/C18H14N6O2/c25-17(26)16-14-13(7-6-11-10-20-21-15(11)14)24(22-16)18-19-8-9-23(18)12-4-2-1-3-5-12/h1-5,8-10H,6-7H2,(H,20,21)(H,25,26). The van der Waals surface area contributed by atoms with Crippen LogP contribution in [0, 0.1) is 0 Å². The van der Waals surface area contributed by atoms with E-state index in [1.807, 2.05) is 41.1 Å². The monoisotopic (exact) mass is 346 g/mol. The number of hydrogen-bond acceptors (Lipinski definition) is 4. The van der Waals surface area contributed by atoms with Crippen molar-refractivity contribution in [1.29, 1.82) is 0 Å². The largest absolute Gasteiger partial charge is 0.476 e. The second kappa shape index (κ2) is 5.41. The summed E-state index contributed by atoms with van der Waals surface area (Å²) in [4.78, 5) is 16.2. The van der Waals surface area contributed by atoms with E-state index < -0.39 is 5.97 Å². The third-order valence-electron chi connectivity index (χ3n) is 4.63.